The Bertz CT molecular complexity index is 551. The van der Waals surface area contributed by atoms with Crippen LogP contribution in [0.4, 0.5) is 5.69 Å². The van der Waals surface area contributed by atoms with Crippen LogP contribution in [-0.4, -0.2) is 25.0 Å². The number of nitrogens with one attached hydrogen (secondary N) is 2. The molecule has 0 bridgehead atoms. The zero-order valence-electron chi connectivity index (χ0n) is 14.6. The summed E-state index contributed by atoms with van der Waals surface area (Å²) in [4.78, 5) is 24.5. The van der Waals surface area contributed by atoms with Crippen LogP contribution >= 0.6 is 0 Å². The molecule has 0 radical (unpaired) electrons. The van der Waals surface area contributed by atoms with Crippen molar-refractivity contribution in [1.29, 1.82) is 0 Å². The number of hydrogen-bond acceptors (Lipinski definition) is 3. The molecule has 1 aromatic rings. The Labute approximate surface area is 144 Å². The Morgan fingerprint density at radius 2 is 1.67 bits per heavy atom. The van der Waals surface area contributed by atoms with Crippen molar-refractivity contribution in [3.05, 3.63) is 24.3 Å². The summed E-state index contributed by atoms with van der Waals surface area (Å²) in [6, 6.07) is 7.48. The molecule has 1 saturated carbocycles. The summed E-state index contributed by atoms with van der Waals surface area (Å²) in [5, 5.41) is 5.93. The summed E-state index contributed by atoms with van der Waals surface area (Å²) in [5.74, 6) is 0.874. The maximum atomic E-state index is 12.5. The quantitative estimate of drug-likeness (QED) is 0.804. The highest BCUT2D eigenvalue weighted by Gasteiger charge is 2.30. The first-order valence-electron chi connectivity index (χ1n) is 8.96. The highest BCUT2D eigenvalue weighted by molar-refractivity contribution is 5.94. The number of rotatable bonds is 7. The third kappa shape index (κ3) is 4.98. The molecular weight excluding hydrogens is 304 g/mol. The molecule has 0 aromatic heterocycles. The fourth-order valence-electron chi connectivity index (χ4n) is 3.10. The van der Waals surface area contributed by atoms with Gasteiger partial charge in [-0.3, -0.25) is 9.59 Å². The summed E-state index contributed by atoms with van der Waals surface area (Å²) in [6.45, 7) is 5.25. The van der Waals surface area contributed by atoms with Gasteiger partial charge in [0.2, 0.25) is 11.8 Å². The molecule has 2 amide bonds. The van der Waals surface area contributed by atoms with Crippen LogP contribution in [0, 0.1) is 11.8 Å². The third-order valence-corrected chi connectivity index (χ3v) is 4.46. The molecule has 1 aliphatic rings. The molecule has 0 aliphatic heterocycles. The van der Waals surface area contributed by atoms with Crippen LogP contribution in [0.5, 0.6) is 5.75 Å². The van der Waals surface area contributed by atoms with Crippen molar-refractivity contribution in [3.8, 4) is 5.75 Å². The highest BCUT2D eigenvalue weighted by Crippen LogP contribution is 2.31. The summed E-state index contributed by atoms with van der Waals surface area (Å²) < 4.78 is 5.54. The maximum Gasteiger partial charge on any atom is 0.227 e. The van der Waals surface area contributed by atoms with Gasteiger partial charge in [-0.25, -0.2) is 0 Å². The lowest BCUT2D eigenvalue weighted by Gasteiger charge is -2.27. The molecule has 1 aliphatic carbocycles. The lowest BCUT2D eigenvalue weighted by Crippen LogP contribution is -2.35. The highest BCUT2D eigenvalue weighted by atomic mass is 16.5. The molecule has 0 spiro atoms. The van der Waals surface area contributed by atoms with Gasteiger partial charge in [0, 0.05) is 18.4 Å². The third-order valence-electron chi connectivity index (χ3n) is 4.46. The number of benzene rings is 1. The van der Waals surface area contributed by atoms with Gasteiger partial charge in [-0.2, -0.15) is 0 Å². The van der Waals surface area contributed by atoms with E-state index in [-0.39, 0.29) is 23.7 Å². The smallest absolute Gasteiger partial charge is 0.227 e. The Kier molecular flexibility index (Phi) is 7.09. The van der Waals surface area contributed by atoms with E-state index in [0.29, 0.717) is 18.0 Å². The largest absolute Gasteiger partial charge is 0.492 e. The Morgan fingerprint density at radius 1 is 1.04 bits per heavy atom. The summed E-state index contributed by atoms with van der Waals surface area (Å²) in [5.41, 5.74) is 0.715. The minimum atomic E-state index is -0.0325. The van der Waals surface area contributed by atoms with Crippen LogP contribution in [0.2, 0.25) is 0 Å². The molecule has 1 fully saturated rings. The minimum Gasteiger partial charge on any atom is -0.492 e. The fourth-order valence-corrected chi connectivity index (χ4v) is 3.10. The predicted octanol–water partition coefficient (Wildman–Crippen LogP) is 3.36. The first kappa shape index (κ1) is 18.3. The van der Waals surface area contributed by atoms with E-state index in [4.69, 9.17) is 4.74 Å². The predicted molar refractivity (Wildman–Crippen MR) is 95.0 cm³/mol. The van der Waals surface area contributed by atoms with Crippen LogP contribution in [0.3, 0.4) is 0 Å². The van der Waals surface area contributed by atoms with Gasteiger partial charge in [-0.1, -0.05) is 19.1 Å². The van der Waals surface area contributed by atoms with Crippen LogP contribution in [0.25, 0.3) is 0 Å². The molecule has 0 saturated heterocycles. The molecule has 0 atom stereocenters. The topological polar surface area (TPSA) is 67.4 Å². The first-order valence-corrected chi connectivity index (χ1v) is 8.96. The Morgan fingerprint density at radius 3 is 2.29 bits per heavy atom. The van der Waals surface area contributed by atoms with Crippen molar-refractivity contribution in [3.63, 3.8) is 0 Å². The average molecular weight is 332 g/mol. The van der Waals surface area contributed by atoms with Crippen molar-refractivity contribution in [2.45, 2.75) is 46.0 Å². The van der Waals surface area contributed by atoms with Gasteiger partial charge in [-0.15, -0.1) is 0 Å². The number of carbonyl (C=O) groups is 2. The minimum absolute atomic E-state index is 0.0227. The van der Waals surface area contributed by atoms with Crippen molar-refractivity contribution in [2.24, 2.45) is 11.8 Å². The van der Waals surface area contributed by atoms with E-state index >= 15 is 0 Å². The lowest BCUT2D eigenvalue weighted by molar-refractivity contribution is -0.128. The van der Waals surface area contributed by atoms with E-state index in [1.807, 2.05) is 38.1 Å². The van der Waals surface area contributed by atoms with Crippen LogP contribution in [0.15, 0.2) is 24.3 Å². The van der Waals surface area contributed by atoms with Crippen LogP contribution < -0.4 is 15.4 Å². The zero-order valence-corrected chi connectivity index (χ0v) is 14.6. The molecule has 2 rings (SSSR count). The first-order chi connectivity index (χ1) is 11.7. The number of hydrogen-bond donors (Lipinski definition) is 2. The maximum absolute atomic E-state index is 12.5. The molecule has 0 unspecified atom stereocenters. The second kappa shape index (κ2) is 9.30. The van der Waals surface area contributed by atoms with Crippen molar-refractivity contribution in [2.75, 3.05) is 18.5 Å². The molecule has 24 heavy (non-hydrogen) atoms. The summed E-state index contributed by atoms with van der Waals surface area (Å²) in [6.07, 6.45) is 4.02. The van der Waals surface area contributed by atoms with Crippen molar-refractivity contribution >= 4 is 17.5 Å². The molecule has 5 nitrogen and oxygen atoms in total. The SMILES string of the molecule is CCCNC(=O)C1CCC(C(=O)Nc2ccccc2OCC)CC1. The van der Waals surface area contributed by atoms with Gasteiger partial charge in [0.25, 0.3) is 0 Å². The van der Waals surface area contributed by atoms with E-state index in [0.717, 1.165) is 38.6 Å². The van der Waals surface area contributed by atoms with E-state index in [2.05, 4.69) is 10.6 Å². The number of carbonyl (C=O) groups excluding carboxylic acids is 2. The molecule has 5 heteroatoms. The van der Waals surface area contributed by atoms with E-state index in [9.17, 15) is 9.59 Å². The zero-order chi connectivity index (χ0) is 17.4. The van der Waals surface area contributed by atoms with Gasteiger partial charge in [0.05, 0.1) is 12.3 Å². The van der Waals surface area contributed by atoms with E-state index in [1.54, 1.807) is 0 Å². The van der Waals surface area contributed by atoms with Crippen molar-refractivity contribution in [1.82, 2.24) is 5.32 Å². The number of amides is 2. The number of para-hydroxylation sites is 2. The summed E-state index contributed by atoms with van der Waals surface area (Å²) >= 11 is 0. The molecular formula is C19H28N2O3. The second-order valence-electron chi connectivity index (χ2n) is 6.26. The molecule has 132 valence electrons. The van der Waals surface area contributed by atoms with E-state index < -0.39 is 0 Å². The van der Waals surface area contributed by atoms with Gasteiger partial charge >= 0.3 is 0 Å². The second-order valence-corrected chi connectivity index (χ2v) is 6.26. The average Bonchev–Trinajstić information content (AvgIpc) is 2.61. The molecule has 1 aromatic carbocycles. The summed E-state index contributed by atoms with van der Waals surface area (Å²) in [7, 11) is 0. The molecule has 2 N–H and O–H groups in total. The van der Waals surface area contributed by atoms with E-state index in [1.165, 1.54) is 0 Å². The monoisotopic (exact) mass is 332 g/mol. The Hall–Kier alpha value is -2.04. The Balaban J connectivity index is 1.86. The standard InChI is InChI=1S/C19H28N2O3/c1-3-13-20-18(22)14-9-11-15(12-10-14)19(23)21-16-7-5-6-8-17(16)24-4-2/h5-8,14-15H,3-4,9-13H2,1-2H3,(H,20,22)(H,21,23). The van der Waals surface area contributed by atoms with Gasteiger partial charge < -0.3 is 15.4 Å². The normalized spacial score (nSPS) is 20.2. The number of anilines is 1. The van der Waals surface area contributed by atoms with Gasteiger partial charge in [0.15, 0.2) is 0 Å². The van der Waals surface area contributed by atoms with Gasteiger partial charge in [-0.05, 0) is 51.2 Å². The van der Waals surface area contributed by atoms with Gasteiger partial charge in [0.1, 0.15) is 5.75 Å². The number of ether oxygens (including phenoxy) is 1. The van der Waals surface area contributed by atoms with Crippen LogP contribution in [0.1, 0.15) is 46.0 Å². The lowest BCUT2D eigenvalue weighted by atomic mass is 9.81. The van der Waals surface area contributed by atoms with Crippen molar-refractivity contribution < 1.29 is 14.3 Å². The molecule has 0 heterocycles. The van der Waals surface area contributed by atoms with Crippen LogP contribution in [-0.2, 0) is 9.59 Å². The fraction of sp³-hybridized carbons (Fsp3) is 0.579.